The summed E-state index contributed by atoms with van der Waals surface area (Å²) in [5.41, 5.74) is 4.10. The smallest absolute Gasteiger partial charge is 0.434 e. The SMILES string of the molecule is CCCCCCCCCCCCCCCCCCOC(=O)OCn1cc2cc(C[C@@H](NC(=O)N3CCC(c4cc5ccccc5[nH]c4=O)CC3)C(=O)N3CCN(C4CCN(C)CC4)CC3)cc(C)c2n1. The fourth-order valence-corrected chi connectivity index (χ4v) is 11.0. The second-order valence-electron chi connectivity index (χ2n) is 20.7. The molecule has 2 aromatic carbocycles. The highest BCUT2D eigenvalue weighted by Crippen LogP contribution is 2.28. The first kappa shape index (κ1) is 52.9. The molecular formula is C56H84N8O6. The lowest BCUT2D eigenvalue weighted by atomic mass is 9.89. The maximum Gasteiger partial charge on any atom is 0.510 e. The molecule has 3 saturated heterocycles. The molecule has 0 aliphatic carbocycles. The van der Waals surface area contributed by atoms with Crippen LogP contribution in [0.5, 0.6) is 0 Å². The van der Waals surface area contributed by atoms with E-state index in [-0.39, 0.29) is 30.1 Å². The number of nitrogens with zero attached hydrogens (tertiary/aromatic N) is 6. The lowest BCUT2D eigenvalue weighted by molar-refractivity contribution is -0.135. The van der Waals surface area contributed by atoms with Crippen molar-refractivity contribution in [3.05, 3.63) is 75.7 Å². The summed E-state index contributed by atoms with van der Waals surface area (Å²) in [6, 6.07) is 13.3. The number of aromatic amines is 1. The van der Waals surface area contributed by atoms with Gasteiger partial charge in [-0.05, 0) is 99.8 Å². The van der Waals surface area contributed by atoms with Crippen LogP contribution in [0.4, 0.5) is 9.59 Å². The number of ether oxygens (including phenoxy) is 2. The first-order chi connectivity index (χ1) is 34.1. The van der Waals surface area contributed by atoms with Crippen molar-refractivity contribution in [1.29, 1.82) is 0 Å². The molecule has 3 fully saturated rings. The van der Waals surface area contributed by atoms with Crippen LogP contribution in [0.2, 0.25) is 0 Å². The first-order valence-corrected chi connectivity index (χ1v) is 27.3. The van der Waals surface area contributed by atoms with Gasteiger partial charge in [-0.15, -0.1) is 0 Å². The Bertz CT molecular complexity index is 2310. The zero-order valence-electron chi connectivity index (χ0n) is 42.9. The van der Waals surface area contributed by atoms with E-state index in [9.17, 15) is 19.2 Å². The highest BCUT2D eigenvalue weighted by atomic mass is 16.7. The van der Waals surface area contributed by atoms with E-state index < -0.39 is 12.2 Å². The zero-order valence-corrected chi connectivity index (χ0v) is 42.9. The number of piperazine rings is 1. The molecule has 3 aliphatic heterocycles. The summed E-state index contributed by atoms with van der Waals surface area (Å²) in [6.45, 7) is 10.6. The number of H-pyrrole nitrogens is 1. The second-order valence-corrected chi connectivity index (χ2v) is 20.7. The van der Waals surface area contributed by atoms with Gasteiger partial charge in [0.05, 0.1) is 12.1 Å². The number of piperidine rings is 2. The van der Waals surface area contributed by atoms with Crippen molar-refractivity contribution in [2.24, 2.45) is 0 Å². The molecule has 14 nitrogen and oxygen atoms in total. The fourth-order valence-electron chi connectivity index (χ4n) is 11.0. The van der Waals surface area contributed by atoms with Gasteiger partial charge in [0.1, 0.15) is 6.04 Å². The van der Waals surface area contributed by atoms with Crippen LogP contribution >= 0.6 is 0 Å². The van der Waals surface area contributed by atoms with E-state index in [0.717, 1.165) is 96.8 Å². The topological polar surface area (TPSA) is 145 Å². The van der Waals surface area contributed by atoms with Crippen molar-refractivity contribution >= 4 is 39.9 Å². The summed E-state index contributed by atoms with van der Waals surface area (Å²) < 4.78 is 12.4. The predicted octanol–water partition coefficient (Wildman–Crippen LogP) is 10.3. The summed E-state index contributed by atoms with van der Waals surface area (Å²) >= 11 is 0. The van der Waals surface area contributed by atoms with Gasteiger partial charge in [0.2, 0.25) is 5.91 Å². The van der Waals surface area contributed by atoms with Crippen LogP contribution in [0.15, 0.2) is 53.5 Å². The first-order valence-electron chi connectivity index (χ1n) is 27.3. The minimum atomic E-state index is -0.775. The van der Waals surface area contributed by atoms with Crippen LogP contribution in [0.3, 0.4) is 0 Å². The molecular weight excluding hydrogens is 881 g/mol. The van der Waals surface area contributed by atoms with Gasteiger partial charge < -0.3 is 34.5 Å². The molecule has 0 bridgehead atoms. The Labute approximate surface area is 417 Å². The molecule has 0 radical (unpaired) electrons. The van der Waals surface area contributed by atoms with Crippen LogP contribution in [0.25, 0.3) is 21.8 Å². The molecule has 2 aromatic heterocycles. The summed E-state index contributed by atoms with van der Waals surface area (Å²) in [6.07, 6.45) is 25.7. The summed E-state index contributed by atoms with van der Waals surface area (Å²) in [5, 5.41) is 9.73. The number of amides is 3. The lowest BCUT2D eigenvalue weighted by Crippen LogP contribution is -2.59. The number of unbranched alkanes of at least 4 members (excludes halogenated alkanes) is 15. The van der Waals surface area contributed by atoms with Gasteiger partial charge in [0, 0.05) is 74.4 Å². The van der Waals surface area contributed by atoms with Gasteiger partial charge >= 0.3 is 12.2 Å². The predicted molar refractivity (Wildman–Crippen MR) is 279 cm³/mol. The molecule has 1 atom stereocenters. The maximum atomic E-state index is 14.5. The molecule has 70 heavy (non-hydrogen) atoms. The number of aryl methyl sites for hydroxylation is 1. The third-order valence-corrected chi connectivity index (χ3v) is 15.3. The molecule has 5 heterocycles. The number of nitrogens with one attached hydrogen (secondary N) is 2. The monoisotopic (exact) mass is 965 g/mol. The van der Waals surface area contributed by atoms with Gasteiger partial charge in [0.15, 0.2) is 6.73 Å². The number of para-hydroxylation sites is 1. The summed E-state index contributed by atoms with van der Waals surface area (Å²) in [4.78, 5) is 65.8. The molecule has 0 unspecified atom stereocenters. The number of urea groups is 1. The van der Waals surface area contributed by atoms with E-state index in [1.807, 2.05) is 60.5 Å². The molecule has 0 spiro atoms. The Morgan fingerprint density at radius 1 is 0.729 bits per heavy atom. The normalized spacial score (nSPS) is 17.1. The maximum absolute atomic E-state index is 14.5. The van der Waals surface area contributed by atoms with Crippen molar-refractivity contribution in [3.63, 3.8) is 0 Å². The molecule has 384 valence electrons. The average Bonchev–Trinajstić information content (AvgIpc) is 3.80. The molecule has 3 aliphatic rings. The number of aromatic nitrogens is 3. The van der Waals surface area contributed by atoms with Crippen molar-refractivity contribution in [2.45, 2.75) is 173 Å². The Morgan fingerprint density at radius 2 is 1.36 bits per heavy atom. The largest absolute Gasteiger partial charge is 0.510 e. The number of hydrogen-bond donors (Lipinski definition) is 2. The number of likely N-dealkylation sites (tertiary alicyclic amines) is 2. The molecule has 2 N–H and O–H groups in total. The van der Waals surface area contributed by atoms with Crippen molar-refractivity contribution < 1.29 is 23.9 Å². The Hall–Kier alpha value is -4.95. The molecule has 7 rings (SSSR count). The molecule has 14 heteroatoms. The summed E-state index contributed by atoms with van der Waals surface area (Å²) in [7, 11) is 2.18. The highest BCUT2D eigenvalue weighted by molar-refractivity contribution is 5.88. The Morgan fingerprint density at radius 3 is 2.01 bits per heavy atom. The highest BCUT2D eigenvalue weighted by Gasteiger charge is 2.34. The number of benzene rings is 2. The van der Waals surface area contributed by atoms with Crippen molar-refractivity contribution in [1.82, 2.24) is 39.7 Å². The quantitative estimate of drug-likeness (QED) is 0.0490. The van der Waals surface area contributed by atoms with Gasteiger partial charge in [-0.25, -0.2) is 14.3 Å². The van der Waals surface area contributed by atoms with Crippen LogP contribution in [0.1, 0.15) is 158 Å². The van der Waals surface area contributed by atoms with Gasteiger partial charge in [-0.2, -0.15) is 5.10 Å². The third-order valence-electron chi connectivity index (χ3n) is 15.3. The number of fused-ring (bicyclic) bond motifs is 2. The lowest BCUT2D eigenvalue weighted by Gasteiger charge is -2.43. The van der Waals surface area contributed by atoms with E-state index in [4.69, 9.17) is 14.6 Å². The van der Waals surface area contributed by atoms with Gasteiger partial charge in [-0.3, -0.25) is 14.5 Å². The molecule has 4 aromatic rings. The minimum absolute atomic E-state index is 0.0379. The van der Waals surface area contributed by atoms with E-state index >= 15 is 0 Å². The second kappa shape index (κ2) is 27.6. The minimum Gasteiger partial charge on any atom is -0.434 e. The number of carbonyl (C=O) groups excluding carboxylic acids is 3. The standard InChI is InChI=1S/C56H84N8O6/c1-4-5-6-7-8-9-10-11-12-13-14-15-16-17-18-21-36-69-56(68)70-42-64-41-47-38-44(37-43(2)52(47)59-64)39-51(54(66)62-34-32-61(33-35-62)48-26-28-60(3)29-27-48)58-55(67)63-30-24-45(25-31-63)49-40-46-22-19-20-23-50(46)57-53(49)65/h19-20,22-23,37-38,40-41,45,48,51H,4-18,21,24-36,39,42H2,1-3H3,(H,57,65)(H,58,67)/t51-/m1/s1. The van der Waals surface area contributed by atoms with E-state index in [2.05, 4.69) is 34.1 Å². The van der Waals surface area contributed by atoms with Crippen LogP contribution in [0, 0.1) is 6.92 Å². The zero-order chi connectivity index (χ0) is 49.1. The fraction of sp³-hybridized carbons (Fsp3) is 0.661. The van der Waals surface area contributed by atoms with Crippen LogP contribution in [-0.4, -0.2) is 131 Å². The van der Waals surface area contributed by atoms with E-state index in [1.165, 1.54) is 83.5 Å². The van der Waals surface area contributed by atoms with Crippen molar-refractivity contribution in [2.75, 3.05) is 66.0 Å². The molecule has 3 amide bonds. The number of pyridine rings is 1. The molecule has 0 saturated carbocycles. The van der Waals surface area contributed by atoms with Crippen LogP contribution < -0.4 is 10.9 Å². The van der Waals surface area contributed by atoms with Gasteiger partial charge in [-0.1, -0.05) is 128 Å². The van der Waals surface area contributed by atoms with E-state index in [1.54, 1.807) is 9.58 Å². The van der Waals surface area contributed by atoms with Gasteiger partial charge in [0.25, 0.3) is 5.56 Å². The number of carbonyl (C=O) groups is 3. The average molecular weight is 965 g/mol. The Balaban J connectivity index is 0.872. The third kappa shape index (κ3) is 15.8. The number of rotatable bonds is 25. The van der Waals surface area contributed by atoms with Crippen LogP contribution in [-0.2, 0) is 27.4 Å². The summed E-state index contributed by atoms with van der Waals surface area (Å²) in [5.74, 6) is -0.0372. The number of hydrogen-bond acceptors (Lipinski definition) is 9. The van der Waals surface area contributed by atoms with E-state index in [0.29, 0.717) is 58.1 Å². The van der Waals surface area contributed by atoms with Crippen molar-refractivity contribution in [3.8, 4) is 0 Å². The Kier molecular flexibility index (Phi) is 20.8.